The first-order valence-corrected chi connectivity index (χ1v) is 4.57. The van der Waals surface area contributed by atoms with Gasteiger partial charge in [0.15, 0.2) is 5.78 Å². The SMILES string of the molecule is Nc1cnccc1C1=CC(N)C(=O)C=C1. The number of nitrogens with two attached hydrogens (primary N) is 2. The number of ketones is 1. The van der Waals surface area contributed by atoms with Crippen LogP contribution in [-0.4, -0.2) is 16.8 Å². The van der Waals surface area contributed by atoms with Crippen molar-refractivity contribution in [3.8, 4) is 0 Å². The molecule has 0 aromatic carbocycles. The molecule has 0 spiro atoms. The third-order valence-electron chi connectivity index (χ3n) is 2.28. The zero-order valence-corrected chi connectivity index (χ0v) is 8.05. The van der Waals surface area contributed by atoms with Crippen molar-refractivity contribution in [1.29, 1.82) is 0 Å². The fourth-order valence-electron chi connectivity index (χ4n) is 1.46. The van der Waals surface area contributed by atoms with E-state index in [9.17, 15) is 4.79 Å². The van der Waals surface area contributed by atoms with Gasteiger partial charge in [-0.2, -0.15) is 0 Å². The van der Waals surface area contributed by atoms with E-state index in [2.05, 4.69) is 4.98 Å². The highest BCUT2D eigenvalue weighted by atomic mass is 16.1. The van der Waals surface area contributed by atoms with Crippen LogP contribution in [0.15, 0.2) is 36.7 Å². The molecule has 1 atom stereocenters. The van der Waals surface area contributed by atoms with E-state index >= 15 is 0 Å². The molecule has 1 aliphatic carbocycles. The molecule has 0 bridgehead atoms. The summed E-state index contributed by atoms with van der Waals surface area (Å²) >= 11 is 0. The molecule has 1 aliphatic rings. The van der Waals surface area contributed by atoms with Crippen LogP contribution in [0.25, 0.3) is 5.57 Å². The number of anilines is 1. The van der Waals surface area contributed by atoms with E-state index in [1.54, 1.807) is 30.6 Å². The van der Waals surface area contributed by atoms with Crippen molar-refractivity contribution in [3.63, 3.8) is 0 Å². The molecule has 1 heterocycles. The summed E-state index contributed by atoms with van der Waals surface area (Å²) in [5, 5.41) is 0. The number of aromatic nitrogens is 1. The minimum Gasteiger partial charge on any atom is -0.397 e. The Balaban J connectivity index is 2.42. The highest BCUT2D eigenvalue weighted by Crippen LogP contribution is 2.23. The average molecular weight is 201 g/mol. The Hall–Kier alpha value is -1.94. The van der Waals surface area contributed by atoms with Crippen LogP contribution in [0.4, 0.5) is 5.69 Å². The zero-order chi connectivity index (χ0) is 10.8. The molecule has 1 unspecified atom stereocenters. The topological polar surface area (TPSA) is 82.0 Å². The molecule has 0 aliphatic heterocycles. The van der Waals surface area contributed by atoms with E-state index in [-0.39, 0.29) is 5.78 Å². The van der Waals surface area contributed by atoms with E-state index in [0.29, 0.717) is 5.69 Å². The van der Waals surface area contributed by atoms with Crippen molar-refractivity contribution in [1.82, 2.24) is 4.98 Å². The Bertz CT molecular complexity index is 463. The molecule has 0 amide bonds. The van der Waals surface area contributed by atoms with Crippen molar-refractivity contribution in [3.05, 3.63) is 42.3 Å². The van der Waals surface area contributed by atoms with Gasteiger partial charge in [0.25, 0.3) is 0 Å². The highest BCUT2D eigenvalue weighted by Gasteiger charge is 2.14. The molecule has 1 aromatic rings. The van der Waals surface area contributed by atoms with Crippen LogP contribution in [0.3, 0.4) is 0 Å². The van der Waals surface area contributed by atoms with Gasteiger partial charge < -0.3 is 11.5 Å². The number of hydrogen-bond acceptors (Lipinski definition) is 4. The highest BCUT2D eigenvalue weighted by molar-refractivity contribution is 6.02. The van der Waals surface area contributed by atoms with Crippen LogP contribution in [0.2, 0.25) is 0 Å². The van der Waals surface area contributed by atoms with Crippen LogP contribution < -0.4 is 11.5 Å². The van der Waals surface area contributed by atoms with E-state index in [4.69, 9.17) is 11.5 Å². The monoisotopic (exact) mass is 201 g/mol. The van der Waals surface area contributed by atoms with Crippen LogP contribution in [-0.2, 0) is 4.79 Å². The van der Waals surface area contributed by atoms with Gasteiger partial charge in [0.05, 0.1) is 17.9 Å². The summed E-state index contributed by atoms with van der Waals surface area (Å²) < 4.78 is 0. The zero-order valence-electron chi connectivity index (χ0n) is 8.05. The first-order chi connectivity index (χ1) is 7.18. The van der Waals surface area contributed by atoms with E-state index < -0.39 is 6.04 Å². The van der Waals surface area contributed by atoms with E-state index in [1.807, 2.05) is 0 Å². The second kappa shape index (κ2) is 3.67. The summed E-state index contributed by atoms with van der Waals surface area (Å²) in [6, 6.07) is 1.23. The van der Waals surface area contributed by atoms with Crippen LogP contribution in [0, 0.1) is 0 Å². The summed E-state index contributed by atoms with van der Waals surface area (Å²) in [7, 11) is 0. The van der Waals surface area contributed by atoms with Gasteiger partial charge in [-0.15, -0.1) is 0 Å². The maximum absolute atomic E-state index is 11.2. The molecular formula is C11H11N3O. The molecule has 1 aromatic heterocycles. The second-order valence-electron chi connectivity index (χ2n) is 3.35. The lowest BCUT2D eigenvalue weighted by Crippen LogP contribution is -2.28. The van der Waals surface area contributed by atoms with Crippen molar-refractivity contribution >= 4 is 17.0 Å². The minimum atomic E-state index is -0.572. The number of nitrogen functional groups attached to an aromatic ring is 1. The average Bonchev–Trinajstić information content (AvgIpc) is 2.23. The molecule has 0 fully saturated rings. The van der Waals surface area contributed by atoms with Gasteiger partial charge in [-0.05, 0) is 17.7 Å². The maximum Gasteiger partial charge on any atom is 0.176 e. The number of carbonyl (C=O) groups excluding carboxylic acids is 1. The van der Waals surface area contributed by atoms with Gasteiger partial charge in [0.1, 0.15) is 0 Å². The van der Waals surface area contributed by atoms with Crippen molar-refractivity contribution in [2.45, 2.75) is 6.04 Å². The Labute approximate surface area is 87.3 Å². The predicted octanol–water partition coefficient (Wildman–Crippen LogP) is 0.513. The summed E-state index contributed by atoms with van der Waals surface area (Å²) in [6.07, 6.45) is 8.12. The Morgan fingerprint density at radius 1 is 1.33 bits per heavy atom. The molecule has 76 valence electrons. The number of carbonyl (C=O) groups is 1. The van der Waals surface area contributed by atoms with Crippen molar-refractivity contribution < 1.29 is 4.79 Å². The molecule has 2 rings (SSSR count). The van der Waals surface area contributed by atoms with Gasteiger partial charge >= 0.3 is 0 Å². The summed E-state index contributed by atoms with van der Waals surface area (Å²) in [5.74, 6) is -0.0913. The Morgan fingerprint density at radius 3 is 2.80 bits per heavy atom. The van der Waals surface area contributed by atoms with Crippen LogP contribution >= 0.6 is 0 Å². The first-order valence-electron chi connectivity index (χ1n) is 4.57. The molecule has 0 saturated carbocycles. The summed E-state index contributed by atoms with van der Waals surface area (Å²) in [6.45, 7) is 0. The smallest absolute Gasteiger partial charge is 0.176 e. The summed E-state index contributed by atoms with van der Waals surface area (Å²) in [4.78, 5) is 15.1. The number of hydrogen-bond donors (Lipinski definition) is 2. The van der Waals surface area contributed by atoms with Gasteiger partial charge in [-0.25, -0.2) is 0 Å². The predicted molar refractivity (Wildman–Crippen MR) is 58.7 cm³/mol. The fraction of sp³-hybridized carbons (Fsp3) is 0.0909. The normalized spacial score (nSPS) is 20.2. The van der Waals surface area contributed by atoms with Gasteiger partial charge in [0, 0.05) is 11.8 Å². The molecule has 4 N–H and O–H groups in total. The molecule has 15 heavy (non-hydrogen) atoms. The molecule has 0 radical (unpaired) electrons. The fourth-order valence-corrected chi connectivity index (χ4v) is 1.46. The summed E-state index contributed by atoms with van der Waals surface area (Å²) in [5.41, 5.74) is 13.7. The quantitative estimate of drug-likeness (QED) is 0.693. The third-order valence-corrected chi connectivity index (χ3v) is 2.28. The van der Waals surface area contributed by atoms with Gasteiger partial charge in [-0.1, -0.05) is 12.2 Å². The van der Waals surface area contributed by atoms with Gasteiger partial charge in [0.2, 0.25) is 0 Å². The lowest BCUT2D eigenvalue weighted by Gasteiger charge is -2.12. The number of rotatable bonds is 1. The number of pyridine rings is 1. The van der Waals surface area contributed by atoms with Crippen LogP contribution in [0.5, 0.6) is 0 Å². The Morgan fingerprint density at radius 2 is 2.13 bits per heavy atom. The largest absolute Gasteiger partial charge is 0.397 e. The molecule has 4 nitrogen and oxygen atoms in total. The number of allylic oxidation sites excluding steroid dienone is 2. The lowest BCUT2D eigenvalue weighted by molar-refractivity contribution is -0.114. The molecule has 0 saturated heterocycles. The molecular weight excluding hydrogens is 190 g/mol. The van der Waals surface area contributed by atoms with Crippen molar-refractivity contribution in [2.75, 3.05) is 5.73 Å². The van der Waals surface area contributed by atoms with E-state index in [0.717, 1.165) is 11.1 Å². The van der Waals surface area contributed by atoms with E-state index in [1.165, 1.54) is 6.08 Å². The van der Waals surface area contributed by atoms with Gasteiger partial charge in [-0.3, -0.25) is 9.78 Å². The first kappa shape index (κ1) is 9.61. The maximum atomic E-state index is 11.2. The minimum absolute atomic E-state index is 0.0913. The van der Waals surface area contributed by atoms with Crippen molar-refractivity contribution in [2.24, 2.45) is 5.73 Å². The lowest BCUT2D eigenvalue weighted by atomic mass is 9.96. The second-order valence-corrected chi connectivity index (χ2v) is 3.35. The molecule has 4 heteroatoms. The van der Waals surface area contributed by atoms with Crippen LogP contribution in [0.1, 0.15) is 5.56 Å². The Kier molecular flexibility index (Phi) is 2.35. The number of nitrogens with zero attached hydrogens (tertiary/aromatic N) is 1. The standard InChI is InChI=1S/C11H11N3O/c12-9-5-7(1-2-11(9)15)8-3-4-14-6-10(8)13/h1-6,9H,12-13H2. The third kappa shape index (κ3) is 1.80.